The summed E-state index contributed by atoms with van der Waals surface area (Å²) in [5.41, 5.74) is 1.22. The van der Waals surface area contributed by atoms with E-state index in [0.29, 0.717) is 6.61 Å². The summed E-state index contributed by atoms with van der Waals surface area (Å²) < 4.78 is 17.1. The SMILES string of the molecule is CN=C(NCc1ccc2cc(OC)ccc2c1)N1CCOC(C2CCCO2)C1. The number of hydrogen-bond donors (Lipinski definition) is 1. The second-order valence-corrected chi connectivity index (χ2v) is 7.35. The topological polar surface area (TPSA) is 55.3 Å². The first-order valence-electron chi connectivity index (χ1n) is 10.0. The van der Waals surface area contributed by atoms with Crippen molar-refractivity contribution in [2.24, 2.45) is 4.99 Å². The standard InChI is InChI=1S/C22H29N3O3/c1-23-22(25-9-11-28-21(15-25)20-4-3-10-27-20)24-14-16-5-6-18-13-19(26-2)8-7-17(18)12-16/h5-8,12-13,20-21H,3-4,9-11,14-15H2,1-2H3,(H,23,24). The van der Waals surface area contributed by atoms with E-state index in [4.69, 9.17) is 14.2 Å². The minimum absolute atomic E-state index is 0.130. The largest absolute Gasteiger partial charge is 0.497 e. The zero-order valence-electron chi connectivity index (χ0n) is 16.7. The molecule has 1 N–H and O–H groups in total. The Bertz CT molecular complexity index is 833. The maximum Gasteiger partial charge on any atom is 0.194 e. The van der Waals surface area contributed by atoms with Crippen LogP contribution in [0.2, 0.25) is 0 Å². The Balaban J connectivity index is 1.39. The van der Waals surface area contributed by atoms with Crippen LogP contribution in [-0.4, -0.2) is 63.5 Å². The van der Waals surface area contributed by atoms with Crippen LogP contribution in [0.25, 0.3) is 10.8 Å². The van der Waals surface area contributed by atoms with Crippen LogP contribution in [0.5, 0.6) is 5.75 Å². The van der Waals surface area contributed by atoms with Crippen molar-refractivity contribution in [3.63, 3.8) is 0 Å². The lowest BCUT2D eigenvalue weighted by molar-refractivity contribution is -0.0817. The number of guanidine groups is 1. The summed E-state index contributed by atoms with van der Waals surface area (Å²) >= 11 is 0. The lowest BCUT2D eigenvalue weighted by Gasteiger charge is -2.37. The van der Waals surface area contributed by atoms with Gasteiger partial charge in [0, 0.05) is 33.3 Å². The molecular weight excluding hydrogens is 354 g/mol. The lowest BCUT2D eigenvalue weighted by Crippen LogP contribution is -2.53. The number of aliphatic imine (C=N–C) groups is 1. The van der Waals surface area contributed by atoms with Crippen LogP contribution in [0.15, 0.2) is 41.4 Å². The van der Waals surface area contributed by atoms with Gasteiger partial charge < -0.3 is 24.4 Å². The second kappa shape index (κ2) is 8.80. The minimum Gasteiger partial charge on any atom is -0.497 e. The molecule has 0 saturated carbocycles. The molecular formula is C22H29N3O3. The summed E-state index contributed by atoms with van der Waals surface area (Å²) in [5.74, 6) is 1.80. The van der Waals surface area contributed by atoms with E-state index in [2.05, 4.69) is 45.5 Å². The first-order chi connectivity index (χ1) is 13.8. The van der Waals surface area contributed by atoms with Gasteiger partial charge in [-0.15, -0.1) is 0 Å². The zero-order valence-corrected chi connectivity index (χ0v) is 16.7. The number of fused-ring (bicyclic) bond motifs is 1. The molecule has 2 aliphatic rings. The van der Waals surface area contributed by atoms with E-state index in [-0.39, 0.29) is 12.2 Å². The van der Waals surface area contributed by atoms with Crippen molar-refractivity contribution in [1.82, 2.24) is 10.2 Å². The van der Waals surface area contributed by atoms with Gasteiger partial charge in [-0.3, -0.25) is 4.99 Å². The molecule has 0 amide bonds. The fourth-order valence-corrected chi connectivity index (χ4v) is 4.01. The number of nitrogens with one attached hydrogen (secondary N) is 1. The summed E-state index contributed by atoms with van der Waals surface area (Å²) in [6.45, 7) is 3.97. The van der Waals surface area contributed by atoms with Gasteiger partial charge >= 0.3 is 0 Å². The van der Waals surface area contributed by atoms with E-state index >= 15 is 0 Å². The van der Waals surface area contributed by atoms with Crippen molar-refractivity contribution < 1.29 is 14.2 Å². The van der Waals surface area contributed by atoms with E-state index in [0.717, 1.165) is 50.8 Å². The second-order valence-electron chi connectivity index (χ2n) is 7.35. The summed E-state index contributed by atoms with van der Waals surface area (Å²) in [4.78, 5) is 6.77. The van der Waals surface area contributed by atoms with Crippen LogP contribution in [0.3, 0.4) is 0 Å². The van der Waals surface area contributed by atoms with Crippen LogP contribution < -0.4 is 10.1 Å². The summed E-state index contributed by atoms with van der Waals surface area (Å²) in [6.07, 6.45) is 2.57. The highest BCUT2D eigenvalue weighted by Crippen LogP contribution is 2.23. The monoisotopic (exact) mass is 383 g/mol. The van der Waals surface area contributed by atoms with Crippen molar-refractivity contribution >= 4 is 16.7 Å². The predicted molar refractivity (Wildman–Crippen MR) is 111 cm³/mol. The molecule has 0 spiro atoms. The molecule has 0 radical (unpaired) electrons. The van der Waals surface area contributed by atoms with Crippen LogP contribution in [0, 0.1) is 0 Å². The number of morpholine rings is 1. The average molecular weight is 383 g/mol. The first-order valence-corrected chi connectivity index (χ1v) is 10.0. The molecule has 2 heterocycles. The molecule has 0 aliphatic carbocycles. The van der Waals surface area contributed by atoms with Crippen LogP contribution in [0.1, 0.15) is 18.4 Å². The molecule has 28 heavy (non-hydrogen) atoms. The Labute approximate surface area is 166 Å². The van der Waals surface area contributed by atoms with Gasteiger partial charge in [0.05, 0.1) is 19.8 Å². The van der Waals surface area contributed by atoms with E-state index in [1.54, 1.807) is 7.11 Å². The molecule has 150 valence electrons. The first kappa shape index (κ1) is 19.0. The molecule has 6 heteroatoms. The maximum absolute atomic E-state index is 5.96. The molecule has 2 atom stereocenters. The fraction of sp³-hybridized carbons (Fsp3) is 0.500. The molecule has 2 saturated heterocycles. The van der Waals surface area contributed by atoms with Crippen molar-refractivity contribution in [2.45, 2.75) is 31.6 Å². The van der Waals surface area contributed by atoms with E-state index < -0.39 is 0 Å². The molecule has 0 aromatic heterocycles. The number of hydrogen-bond acceptors (Lipinski definition) is 4. The highest BCUT2D eigenvalue weighted by molar-refractivity contribution is 5.85. The van der Waals surface area contributed by atoms with E-state index in [1.807, 2.05) is 13.1 Å². The third-order valence-electron chi connectivity index (χ3n) is 5.55. The van der Waals surface area contributed by atoms with Crippen LogP contribution in [-0.2, 0) is 16.0 Å². The fourth-order valence-electron chi connectivity index (χ4n) is 4.01. The van der Waals surface area contributed by atoms with Gasteiger partial charge in [0.25, 0.3) is 0 Å². The van der Waals surface area contributed by atoms with Gasteiger partial charge in [-0.25, -0.2) is 0 Å². The summed E-state index contributed by atoms with van der Waals surface area (Å²) in [6, 6.07) is 12.7. The number of rotatable bonds is 4. The van der Waals surface area contributed by atoms with Gasteiger partial charge in [-0.05, 0) is 47.4 Å². The van der Waals surface area contributed by atoms with E-state index in [9.17, 15) is 0 Å². The Morgan fingerprint density at radius 1 is 1.14 bits per heavy atom. The van der Waals surface area contributed by atoms with Gasteiger partial charge in [0.2, 0.25) is 0 Å². The smallest absolute Gasteiger partial charge is 0.194 e. The Hall–Kier alpha value is -2.31. The Morgan fingerprint density at radius 3 is 2.75 bits per heavy atom. The summed E-state index contributed by atoms with van der Waals surface area (Å²) in [7, 11) is 3.53. The van der Waals surface area contributed by atoms with Gasteiger partial charge in [-0.2, -0.15) is 0 Å². The van der Waals surface area contributed by atoms with E-state index in [1.165, 1.54) is 16.3 Å². The molecule has 2 unspecified atom stereocenters. The maximum atomic E-state index is 5.96. The normalized spacial score (nSPS) is 23.2. The lowest BCUT2D eigenvalue weighted by atomic mass is 10.1. The average Bonchev–Trinajstić information content (AvgIpc) is 3.29. The number of ether oxygens (including phenoxy) is 3. The highest BCUT2D eigenvalue weighted by atomic mass is 16.5. The van der Waals surface area contributed by atoms with Crippen LogP contribution in [0.4, 0.5) is 0 Å². The molecule has 2 aromatic carbocycles. The number of methoxy groups -OCH3 is 1. The van der Waals surface area contributed by atoms with Gasteiger partial charge in [0.1, 0.15) is 11.9 Å². The molecule has 2 fully saturated rings. The third kappa shape index (κ3) is 4.23. The van der Waals surface area contributed by atoms with Gasteiger partial charge in [0.15, 0.2) is 5.96 Å². The Kier molecular flexibility index (Phi) is 5.98. The number of benzene rings is 2. The van der Waals surface area contributed by atoms with Crippen molar-refractivity contribution in [1.29, 1.82) is 0 Å². The molecule has 4 rings (SSSR count). The Morgan fingerprint density at radius 2 is 1.96 bits per heavy atom. The zero-order chi connectivity index (χ0) is 19.3. The number of nitrogens with zero attached hydrogens (tertiary/aromatic N) is 2. The third-order valence-corrected chi connectivity index (χ3v) is 5.55. The minimum atomic E-state index is 0.130. The van der Waals surface area contributed by atoms with Gasteiger partial charge in [-0.1, -0.05) is 18.2 Å². The molecule has 6 nitrogen and oxygen atoms in total. The molecule has 2 aromatic rings. The van der Waals surface area contributed by atoms with Crippen molar-refractivity contribution in [2.75, 3.05) is 40.5 Å². The highest BCUT2D eigenvalue weighted by Gasteiger charge is 2.32. The predicted octanol–water partition coefficient (Wildman–Crippen LogP) is 2.80. The quantitative estimate of drug-likeness (QED) is 0.650. The molecule has 2 aliphatic heterocycles. The van der Waals surface area contributed by atoms with Crippen LogP contribution >= 0.6 is 0 Å². The van der Waals surface area contributed by atoms with Crippen molar-refractivity contribution in [3.8, 4) is 5.75 Å². The van der Waals surface area contributed by atoms with Crippen molar-refractivity contribution in [3.05, 3.63) is 42.0 Å². The molecule has 0 bridgehead atoms. The summed E-state index contributed by atoms with van der Waals surface area (Å²) in [5, 5.41) is 5.90.